The van der Waals surface area contributed by atoms with Gasteiger partial charge in [0.05, 0.1) is 5.88 Å². The number of aryl methyl sites for hydroxylation is 1. The van der Waals surface area contributed by atoms with E-state index in [0.717, 1.165) is 18.2 Å². The Balaban J connectivity index is 2.17. The average Bonchev–Trinajstić information content (AvgIpc) is 2.72. The second kappa shape index (κ2) is 3.41. The van der Waals surface area contributed by atoms with Crippen LogP contribution in [0.25, 0.3) is 0 Å². The highest BCUT2D eigenvalue weighted by atomic mass is 32.2. The maximum atomic E-state index is 11.7. The molecule has 1 aliphatic rings. The highest BCUT2D eigenvalue weighted by Gasteiger charge is 2.23. The van der Waals surface area contributed by atoms with Crippen LogP contribution in [-0.2, 0) is 0 Å². The van der Waals surface area contributed by atoms with Gasteiger partial charge in [-0.1, -0.05) is 0 Å². The topological polar surface area (TPSA) is 46.3 Å². The lowest BCUT2D eigenvalue weighted by Gasteiger charge is -2.11. The van der Waals surface area contributed by atoms with Crippen molar-refractivity contribution in [3.63, 3.8) is 0 Å². The normalized spacial score (nSPS) is 16.5. The van der Waals surface area contributed by atoms with E-state index < -0.39 is 0 Å². The molecule has 0 atom stereocenters. The fourth-order valence-electron chi connectivity index (χ4n) is 1.23. The molecule has 1 fully saturated rings. The summed E-state index contributed by atoms with van der Waals surface area (Å²) in [7, 11) is 0. The number of oxazole rings is 1. The molecule has 0 saturated carbocycles. The Bertz CT molecular complexity index is 318. The van der Waals surface area contributed by atoms with Gasteiger partial charge in [0.25, 0.3) is 5.91 Å². The molecular weight excluding hydrogens is 188 g/mol. The lowest BCUT2D eigenvalue weighted by Crippen LogP contribution is -2.28. The third kappa shape index (κ3) is 1.56. The monoisotopic (exact) mass is 198 g/mol. The number of amides is 1. The molecule has 1 saturated heterocycles. The van der Waals surface area contributed by atoms with Crippen molar-refractivity contribution in [2.24, 2.45) is 0 Å². The second-order valence-corrected chi connectivity index (χ2v) is 3.94. The molecule has 70 valence electrons. The van der Waals surface area contributed by atoms with Crippen LogP contribution in [0.1, 0.15) is 16.2 Å². The van der Waals surface area contributed by atoms with Gasteiger partial charge in [-0.15, -0.1) is 11.8 Å². The summed E-state index contributed by atoms with van der Waals surface area (Å²) in [6.45, 7) is 2.57. The van der Waals surface area contributed by atoms with Gasteiger partial charge in [0, 0.05) is 12.3 Å². The van der Waals surface area contributed by atoms with E-state index in [1.54, 1.807) is 23.6 Å². The molecule has 0 bridgehead atoms. The summed E-state index contributed by atoms with van der Waals surface area (Å²) in [4.78, 5) is 17.4. The summed E-state index contributed by atoms with van der Waals surface area (Å²) in [5.74, 6) is 2.37. The number of aromatic nitrogens is 1. The molecule has 0 unspecified atom stereocenters. The maximum Gasteiger partial charge on any atom is 0.276 e. The Hall–Kier alpha value is -0.970. The van der Waals surface area contributed by atoms with Crippen molar-refractivity contribution in [1.29, 1.82) is 0 Å². The summed E-state index contributed by atoms with van der Waals surface area (Å²) in [6.07, 6.45) is 1.31. The van der Waals surface area contributed by atoms with Crippen molar-refractivity contribution in [1.82, 2.24) is 9.88 Å². The molecule has 4 nitrogen and oxygen atoms in total. The molecule has 0 spiro atoms. The highest BCUT2D eigenvalue weighted by Crippen LogP contribution is 2.17. The Morgan fingerprint density at radius 3 is 3.15 bits per heavy atom. The molecule has 0 aromatic carbocycles. The van der Waals surface area contributed by atoms with Gasteiger partial charge in [-0.05, 0) is 6.92 Å². The summed E-state index contributed by atoms with van der Waals surface area (Å²) in [5, 5.41) is 0. The zero-order valence-corrected chi connectivity index (χ0v) is 8.13. The fourth-order valence-corrected chi connectivity index (χ4v) is 2.18. The lowest BCUT2D eigenvalue weighted by atomic mass is 10.3. The minimum atomic E-state index is -0.0174. The standard InChI is InChI=1S/C8H10N2O2S/c1-6-7(9-4-12-6)8(11)10-2-3-13-5-10/h4H,2-3,5H2,1H3. The molecule has 2 heterocycles. The van der Waals surface area contributed by atoms with Crippen molar-refractivity contribution in [2.45, 2.75) is 6.92 Å². The summed E-state index contributed by atoms with van der Waals surface area (Å²) < 4.78 is 4.98. The van der Waals surface area contributed by atoms with Crippen LogP contribution in [0.3, 0.4) is 0 Å². The minimum Gasteiger partial charge on any atom is -0.448 e. The number of carbonyl (C=O) groups is 1. The van der Waals surface area contributed by atoms with Crippen LogP contribution in [0, 0.1) is 6.92 Å². The van der Waals surface area contributed by atoms with Gasteiger partial charge < -0.3 is 9.32 Å². The minimum absolute atomic E-state index is 0.0174. The van der Waals surface area contributed by atoms with Crippen molar-refractivity contribution >= 4 is 17.7 Å². The Morgan fingerprint density at radius 2 is 2.62 bits per heavy atom. The number of hydrogen-bond acceptors (Lipinski definition) is 4. The van der Waals surface area contributed by atoms with Gasteiger partial charge in [0.15, 0.2) is 12.1 Å². The largest absolute Gasteiger partial charge is 0.448 e. The van der Waals surface area contributed by atoms with Gasteiger partial charge in [-0.3, -0.25) is 4.79 Å². The van der Waals surface area contributed by atoms with Gasteiger partial charge in [0.2, 0.25) is 0 Å². The van der Waals surface area contributed by atoms with Gasteiger partial charge in [-0.2, -0.15) is 0 Å². The van der Waals surface area contributed by atoms with Gasteiger partial charge in [0.1, 0.15) is 5.76 Å². The first-order valence-corrected chi connectivity index (χ1v) is 5.21. The van der Waals surface area contributed by atoms with Crippen LogP contribution < -0.4 is 0 Å². The molecular formula is C8H10N2O2S. The smallest absolute Gasteiger partial charge is 0.276 e. The van der Waals surface area contributed by atoms with Gasteiger partial charge in [-0.25, -0.2) is 4.98 Å². The fraction of sp³-hybridized carbons (Fsp3) is 0.500. The molecule has 0 radical (unpaired) electrons. The number of carbonyl (C=O) groups excluding carboxylic acids is 1. The van der Waals surface area contributed by atoms with Crippen molar-refractivity contribution in [3.05, 3.63) is 17.8 Å². The predicted molar refractivity (Wildman–Crippen MR) is 49.6 cm³/mol. The van der Waals surface area contributed by atoms with E-state index in [9.17, 15) is 4.79 Å². The number of hydrogen-bond donors (Lipinski definition) is 0. The van der Waals surface area contributed by atoms with Crippen LogP contribution in [0.5, 0.6) is 0 Å². The second-order valence-electron chi connectivity index (χ2n) is 2.86. The molecule has 1 amide bonds. The van der Waals surface area contributed by atoms with E-state index in [4.69, 9.17) is 4.42 Å². The Kier molecular flexibility index (Phi) is 2.26. The molecule has 13 heavy (non-hydrogen) atoms. The van der Waals surface area contributed by atoms with E-state index in [1.807, 2.05) is 0 Å². The predicted octanol–water partition coefficient (Wildman–Crippen LogP) is 1.13. The lowest BCUT2D eigenvalue weighted by molar-refractivity contribution is 0.0796. The van der Waals surface area contributed by atoms with Crippen molar-refractivity contribution in [3.8, 4) is 0 Å². The van der Waals surface area contributed by atoms with E-state index >= 15 is 0 Å². The number of rotatable bonds is 1. The van der Waals surface area contributed by atoms with Crippen LogP contribution in [0.15, 0.2) is 10.8 Å². The first-order chi connectivity index (χ1) is 6.29. The number of nitrogens with zero attached hydrogens (tertiary/aromatic N) is 2. The third-order valence-corrected chi connectivity index (χ3v) is 2.95. The molecule has 0 N–H and O–H groups in total. The molecule has 2 rings (SSSR count). The molecule has 5 heteroatoms. The van der Waals surface area contributed by atoms with Crippen LogP contribution >= 0.6 is 11.8 Å². The van der Waals surface area contributed by atoms with E-state index in [1.165, 1.54) is 6.39 Å². The molecule has 1 aliphatic heterocycles. The summed E-state index contributed by atoms with van der Waals surface area (Å²) in [6, 6.07) is 0. The van der Waals surface area contributed by atoms with Crippen LogP contribution in [0.4, 0.5) is 0 Å². The highest BCUT2D eigenvalue weighted by molar-refractivity contribution is 7.99. The SMILES string of the molecule is Cc1ocnc1C(=O)N1CCSC1. The Labute approximate surface area is 80.3 Å². The first kappa shape index (κ1) is 8.62. The zero-order valence-electron chi connectivity index (χ0n) is 7.32. The van der Waals surface area contributed by atoms with Gasteiger partial charge >= 0.3 is 0 Å². The number of thioether (sulfide) groups is 1. The van der Waals surface area contributed by atoms with Crippen LogP contribution in [-0.4, -0.2) is 34.0 Å². The quantitative estimate of drug-likeness (QED) is 0.678. The summed E-state index contributed by atoms with van der Waals surface area (Å²) >= 11 is 1.76. The molecule has 1 aromatic rings. The van der Waals surface area contributed by atoms with E-state index in [2.05, 4.69) is 4.98 Å². The summed E-state index contributed by atoms with van der Waals surface area (Å²) in [5.41, 5.74) is 0.447. The zero-order chi connectivity index (χ0) is 9.26. The van der Waals surface area contributed by atoms with Crippen LogP contribution in [0.2, 0.25) is 0 Å². The molecule has 0 aliphatic carbocycles. The molecule has 1 aromatic heterocycles. The third-order valence-electron chi connectivity index (χ3n) is 1.99. The van der Waals surface area contributed by atoms with Crippen molar-refractivity contribution < 1.29 is 9.21 Å². The van der Waals surface area contributed by atoms with Crippen molar-refractivity contribution in [2.75, 3.05) is 18.2 Å². The average molecular weight is 198 g/mol. The first-order valence-electron chi connectivity index (χ1n) is 4.06. The maximum absolute atomic E-state index is 11.7. The van der Waals surface area contributed by atoms with E-state index in [0.29, 0.717) is 11.5 Å². The van der Waals surface area contributed by atoms with E-state index in [-0.39, 0.29) is 5.91 Å². The Morgan fingerprint density at radius 1 is 1.77 bits per heavy atom.